The molecule has 1 fully saturated rings. The molecule has 4 rings (SSSR count). The second-order valence-corrected chi connectivity index (χ2v) is 8.54. The SMILES string of the molecule is CCCCc1cc(=O)oc2c(C)c3c(cc12)C(=O)C[C@@]1(CCCC(C)C1)O3. The maximum atomic E-state index is 13.1. The van der Waals surface area contributed by atoms with Crippen LogP contribution in [0.4, 0.5) is 0 Å². The third-order valence-electron chi connectivity index (χ3n) is 6.25. The van der Waals surface area contributed by atoms with Gasteiger partial charge in [0.2, 0.25) is 0 Å². The normalized spacial score (nSPS) is 24.9. The lowest BCUT2D eigenvalue weighted by atomic mass is 9.74. The predicted octanol–water partition coefficient (Wildman–Crippen LogP) is 5.36. The Balaban J connectivity index is 1.86. The fourth-order valence-electron chi connectivity index (χ4n) is 4.92. The highest BCUT2D eigenvalue weighted by Gasteiger charge is 2.44. The van der Waals surface area contributed by atoms with Crippen LogP contribution < -0.4 is 10.4 Å². The number of aryl methyl sites for hydroxylation is 2. The van der Waals surface area contributed by atoms with E-state index < -0.39 is 0 Å². The Labute approximate surface area is 159 Å². The summed E-state index contributed by atoms with van der Waals surface area (Å²) in [7, 11) is 0. The van der Waals surface area contributed by atoms with Crippen molar-refractivity contribution in [3.63, 3.8) is 0 Å². The molecular weight excluding hydrogens is 340 g/mol. The largest absolute Gasteiger partial charge is 0.486 e. The topological polar surface area (TPSA) is 56.5 Å². The number of hydrogen-bond donors (Lipinski definition) is 0. The van der Waals surface area contributed by atoms with E-state index in [9.17, 15) is 9.59 Å². The van der Waals surface area contributed by atoms with Crippen molar-refractivity contribution in [3.8, 4) is 5.75 Å². The van der Waals surface area contributed by atoms with Gasteiger partial charge in [-0.1, -0.05) is 26.7 Å². The van der Waals surface area contributed by atoms with E-state index in [1.54, 1.807) is 6.07 Å². The van der Waals surface area contributed by atoms with Crippen molar-refractivity contribution in [1.29, 1.82) is 0 Å². The van der Waals surface area contributed by atoms with E-state index in [1.165, 1.54) is 6.42 Å². The van der Waals surface area contributed by atoms with Gasteiger partial charge in [0.05, 0.1) is 12.0 Å². The quantitative estimate of drug-likeness (QED) is 0.685. The fraction of sp³-hybridized carbons (Fsp3) is 0.565. The van der Waals surface area contributed by atoms with Crippen LogP contribution in [-0.4, -0.2) is 11.4 Å². The minimum absolute atomic E-state index is 0.156. The molecule has 27 heavy (non-hydrogen) atoms. The Morgan fingerprint density at radius 2 is 2.07 bits per heavy atom. The minimum atomic E-state index is -0.389. The average molecular weight is 368 g/mol. The molecule has 1 aliphatic heterocycles. The van der Waals surface area contributed by atoms with Crippen LogP contribution in [0.5, 0.6) is 5.75 Å². The standard InChI is InChI=1S/C23H28O4/c1-4-5-8-16-10-20(25)26-21-15(3)22-18(11-17(16)21)19(24)13-23(27-22)9-6-7-14(2)12-23/h10-11,14H,4-9,12-13H2,1-3H3/t14?,23-/m0/s1. The monoisotopic (exact) mass is 368 g/mol. The first-order valence-electron chi connectivity index (χ1n) is 10.2. The molecule has 2 aliphatic rings. The van der Waals surface area contributed by atoms with Crippen LogP contribution in [0.3, 0.4) is 0 Å². The lowest BCUT2D eigenvalue weighted by Gasteiger charge is -2.43. The molecule has 1 spiro atoms. The van der Waals surface area contributed by atoms with Crippen molar-refractivity contribution < 1.29 is 13.9 Å². The Morgan fingerprint density at radius 3 is 2.81 bits per heavy atom. The summed E-state index contributed by atoms with van der Waals surface area (Å²) in [4.78, 5) is 25.2. The summed E-state index contributed by atoms with van der Waals surface area (Å²) in [5.41, 5.74) is 2.24. The lowest BCUT2D eigenvalue weighted by molar-refractivity contribution is -0.00127. The van der Waals surface area contributed by atoms with Crippen LogP contribution in [0.15, 0.2) is 21.3 Å². The van der Waals surface area contributed by atoms with Crippen LogP contribution in [0.2, 0.25) is 0 Å². The van der Waals surface area contributed by atoms with Crippen LogP contribution in [0.1, 0.15) is 80.3 Å². The summed E-state index contributed by atoms with van der Waals surface area (Å²) in [6.07, 6.45) is 7.43. The molecule has 1 aromatic heterocycles. The molecule has 1 aromatic carbocycles. The van der Waals surface area contributed by atoms with E-state index >= 15 is 0 Å². The Hall–Kier alpha value is -2.10. The van der Waals surface area contributed by atoms with Gasteiger partial charge in [0.1, 0.15) is 16.9 Å². The van der Waals surface area contributed by atoms with Crippen molar-refractivity contribution in [1.82, 2.24) is 0 Å². The lowest BCUT2D eigenvalue weighted by Crippen LogP contribution is -2.45. The van der Waals surface area contributed by atoms with Crippen molar-refractivity contribution >= 4 is 16.8 Å². The summed E-state index contributed by atoms with van der Waals surface area (Å²) in [6, 6.07) is 3.47. The highest BCUT2D eigenvalue weighted by molar-refractivity contribution is 6.05. The zero-order valence-corrected chi connectivity index (χ0v) is 16.5. The third kappa shape index (κ3) is 3.19. The van der Waals surface area contributed by atoms with Gasteiger partial charge in [0.15, 0.2) is 5.78 Å². The number of rotatable bonds is 3. The van der Waals surface area contributed by atoms with Gasteiger partial charge in [-0.2, -0.15) is 0 Å². The first kappa shape index (κ1) is 18.3. The average Bonchev–Trinajstić information content (AvgIpc) is 2.61. The summed E-state index contributed by atoms with van der Waals surface area (Å²) in [5.74, 6) is 1.35. The van der Waals surface area contributed by atoms with Crippen LogP contribution >= 0.6 is 0 Å². The van der Waals surface area contributed by atoms with E-state index in [1.807, 2.05) is 13.0 Å². The number of carbonyl (C=O) groups excluding carboxylic acids is 1. The Morgan fingerprint density at radius 1 is 1.26 bits per heavy atom. The second kappa shape index (κ2) is 6.81. The first-order chi connectivity index (χ1) is 12.9. The molecule has 0 saturated heterocycles. The number of hydrogen-bond acceptors (Lipinski definition) is 4. The summed E-state index contributed by atoms with van der Waals surface area (Å²) in [6.45, 7) is 6.27. The molecule has 0 amide bonds. The molecule has 4 heteroatoms. The van der Waals surface area contributed by atoms with E-state index in [4.69, 9.17) is 9.15 Å². The molecule has 0 N–H and O–H groups in total. The molecule has 144 valence electrons. The van der Waals surface area contributed by atoms with Crippen molar-refractivity contribution in [3.05, 3.63) is 39.2 Å². The number of ether oxygens (including phenoxy) is 1. The van der Waals surface area contributed by atoms with Gasteiger partial charge in [-0.25, -0.2) is 4.79 Å². The van der Waals surface area contributed by atoms with Crippen molar-refractivity contribution in [2.45, 2.75) is 77.7 Å². The minimum Gasteiger partial charge on any atom is -0.486 e. The molecule has 0 radical (unpaired) electrons. The predicted molar refractivity (Wildman–Crippen MR) is 106 cm³/mol. The van der Waals surface area contributed by atoms with Crippen LogP contribution in [0.25, 0.3) is 11.0 Å². The van der Waals surface area contributed by atoms with E-state index in [0.29, 0.717) is 29.2 Å². The Bertz CT molecular complexity index is 955. The zero-order valence-electron chi connectivity index (χ0n) is 16.5. The molecule has 2 aromatic rings. The van der Waals surface area contributed by atoms with E-state index in [2.05, 4.69) is 13.8 Å². The smallest absolute Gasteiger partial charge is 0.336 e. The van der Waals surface area contributed by atoms with Gasteiger partial charge in [-0.05, 0) is 56.6 Å². The number of Topliss-reactive ketones (excluding diaryl/α,β-unsaturated/α-hetero) is 1. The molecule has 4 nitrogen and oxygen atoms in total. The van der Waals surface area contributed by atoms with E-state index in [0.717, 1.165) is 55.0 Å². The maximum absolute atomic E-state index is 13.1. The molecule has 0 bridgehead atoms. The van der Waals surface area contributed by atoms with Gasteiger partial charge in [0.25, 0.3) is 0 Å². The summed E-state index contributed by atoms with van der Waals surface area (Å²) in [5, 5.41) is 0.879. The van der Waals surface area contributed by atoms with Gasteiger partial charge in [0, 0.05) is 17.0 Å². The number of fused-ring (bicyclic) bond motifs is 2. The maximum Gasteiger partial charge on any atom is 0.336 e. The Kier molecular flexibility index (Phi) is 4.61. The van der Waals surface area contributed by atoms with Crippen LogP contribution in [-0.2, 0) is 6.42 Å². The number of unbranched alkanes of at least 4 members (excludes halogenated alkanes) is 1. The number of benzene rings is 1. The molecule has 1 unspecified atom stereocenters. The molecular formula is C23H28O4. The van der Waals surface area contributed by atoms with Gasteiger partial charge >= 0.3 is 5.63 Å². The van der Waals surface area contributed by atoms with Crippen LogP contribution in [0, 0.1) is 12.8 Å². The fourth-order valence-corrected chi connectivity index (χ4v) is 4.92. The number of ketones is 1. The molecule has 1 aliphatic carbocycles. The highest BCUT2D eigenvalue weighted by Crippen LogP contribution is 2.46. The van der Waals surface area contributed by atoms with Crippen molar-refractivity contribution in [2.24, 2.45) is 5.92 Å². The zero-order chi connectivity index (χ0) is 19.2. The second-order valence-electron chi connectivity index (χ2n) is 8.54. The van der Waals surface area contributed by atoms with Crippen molar-refractivity contribution in [2.75, 3.05) is 0 Å². The first-order valence-corrected chi connectivity index (χ1v) is 10.2. The van der Waals surface area contributed by atoms with Gasteiger partial charge in [-0.15, -0.1) is 0 Å². The molecule has 1 saturated carbocycles. The third-order valence-corrected chi connectivity index (χ3v) is 6.25. The number of carbonyl (C=O) groups is 1. The highest BCUT2D eigenvalue weighted by atomic mass is 16.5. The molecule has 2 heterocycles. The van der Waals surface area contributed by atoms with E-state index in [-0.39, 0.29) is 17.0 Å². The summed E-state index contributed by atoms with van der Waals surface area (Å²) < 4.78 is 12.1. The summed E-state index contributed by atoms with van der Waals surface area (Å²) >= 11 is 0. The van der Waals surface area contributed by atoms with Gasteiger partial charge < -0.3 is 9.15 Å². The molecule has 2 atom stereocenters. The van der Waals surface area contributed by atoms with Gasteiger partial charge in [-0.3, -0.25) is 4.79 Å².